The Morgan fingerprint density at radius 2 is 2.19 bits per heavy atom. The average Bonchev–Trinajstić information content (AvgIpc) is 2.75. The molecule has 0 saturated heterocycles. The van der Waals surface area contributed by atoms with Crippen LogP contribution in [0.15, 0.2) is 4.79 Å². The average molecular weight is 234 g/mol. The SMILES string of the molecule is CC(C)c1nc2sc3c(c2c(=O)[nH]1)CCC3. The molecule has 3 nitrogen and oxygen atoms in total. The Hall–Kier alpha value is -1.16. The third-order valence-corrected chi connectivity index (χ3v) is 4.33. The van der Waals surface area contributed by atoms with Gasteiger partial charge < -0.3 is 4.98 Å². The number of aromatic nitrogens is 2. The second-order valence-electron chi connectivity index (χ2n) is 4.64. The van der Waals surface area contributed by atoms with Crippen molar-refractivity contribution in [3.05, 3.63) is 26.6 Å². The van der Waals surface area contributed by atoms with Crippen molar-refractivity contribution in [2.75, 3.05) is 0 Å². The summed E-state index contributed by atoms with van der Waals surface area (Å²) < 4.78 is 0. The molecule has 84 valence electrons. The fraction of sp³-hybridized carbons (Fsp3) is 0.500. The Morgan fingerprint density at radius 3 is 2.94 bits per heavy atom. The van der Waals surface area contributed by atoms with E-state index in [-0.39, 0.29) is 11.5 Å². The molecule has 0 aromatic carbocycles. The van der Waals surface area contributed by atoms with Gasteiger partial charge in [-0.15, -0.1) is 11.3 Å². The molecule has 0 amide bonds. The first-order valence-electron chi connectivity index (χ1n) is 5.71. The number of nitrogens with one attached hydrogen (secondary N) is 1. The lowest BCUT2D eigenvalue weighted by atomic mass is 10.2. The van der Waals surface area contributed by atoms with Crippen LogP contribution < -0.4 is 5.56 Å². The molecule has 16 heavy (non-hydrogen) atoms. The van der Waals surface area contributed by atoms with Gasteiger partial charge in [-0.3, -0.25) is 4.79 Å². The molecule has 0 radical (unpaired) electrons. The van der Waals surface area contributed by atoms with Crippen molar-refractivity contribution >= 4 is 21.6 Å². The van der Waals surface area contributed by atoms with Crippen molar-refractivity contribution in [2.45, 2.75) is 39.0 Å². The molecule has 0 saturated carbocycles. The molecule has 3 rings (SSSR count). The van der Waals surface area contributed by atoms with Gasteiger partial charge in [0.1, 0.15) is 10.7 Å². The van der Waals surface area contributed by atoms with Gasteiger partial charge in [-0.05, 0) is 24.8 Å². The Bertz CT molecular complexity index is 609. The summed E-state index contributed by atoms with van der Waals surface area (Å²) in [5, 5.41) is 0.849. The van der Waals surface area contributed by atoms with Gasteiger partial charge >= 0.3 is 0 Å². The number of thiophene rings is 1. The summed E-state index contributed by atoms with van der Waals surface area (Å²) in [6.45, 7) is 4.09. The smallest absolute Gasteiger partial charge is 0.259 e. The van der Waals surface area contributed by atoms with Gasteiger partial charge in [-0.2, -0.15) is 0 Å². The fourth-order valence-corrected chi connectivity index (χ4v) is 3.56. The molecule has 2 heterocycles. The maximum Gasteiger partial charge on any atom is 0.259 e. The quantitative estimate of drug-likeness (QED) is 0.824. The molecule has 0 spiro atoms. The lowest BCUT2D eigenvalue weighted by Crippen LogP contribution is -2.12. The number of H-pyrrole nitrogens is 1. The second kappa shape index (κ2) is 3.42. The molecule has 1 N–H and O–H groups in total. The Kier molecular flexibility index (Phi) is 2.14. The van der Waals surface area contributed by atoms with Crippen LogP contribution in [0.1, 0.15) is 42.5 Å². The molecule has 0 unspecified atom stereocenters. The standard InChI is InChI=1S/C12H14N2OS/c1-6(2)10-13-11(15)9-7-4-3-5-8(7)16-12(9)14-10/h6H,3-5H2,1-2H3,(H,13,14,15). The van der Waals surface area contributed by atoms with Crippen molar-refractivity contribution in [3.8, 4) is 0 Å². The maximum absolute atomic E-state index is 12.0. The lowest BCUT2D eigenvalue weighted by Gasteiger charge is -2.03. The highest BCUT2D eigenvalue weighted by Crippen LogP contribution is 2.34. The number of nitrogens with zero attached hydrogens (tertiary/aromatic N) is 1. The Morgan fingerprint density at radius 1 is 1.38 bits per heavy atom. The number of hydrogen-bond donors (Lipinski definition) is 1. The highest BCUT2D eigenvalue weighted by atomic mass is 32.1. The summed E-state index contributed by atoms with van der Waals surface area (Å²) in [5.74, 6) is 1.08. The van der Waals surface area contributed by atoms with Crippen molar-refractivity contribution in [1.82, 2.24) is 9.97 Å². The van der Waals surface area contributed by atoms with E-state index < -0.39 is 0 Å². The molecule has 2 aromatic heterocycles. The summed E-state index contributed by atoms with van der Waals surface area (Å²) in [6.07, 6.45) is 3.34. The highest BCUT2D eigenvalue weighted by Gasteiger charge is 2.21. The minimum Gasteiger partial charge on any atom is -0.310 e. The predicted octanol–water partition coefficient (Wildman–Crippen LogP) is 2.60. The number of rotatable bonds is 1. The van der Waals surface area contributed by atoms with Crippen LogP contribution in [-0.2, 0) is 12.8 Å². The van der Waals surface area contributed by atoms with Crippen LogP contribution in [0.2, 0.25) is 0 Å². The molecule has 0 atom stereocenters. The van der Waals surface area contributed by atoms with E-state index in [0.29, 0.717) is 0 Å². The first-order chi connectivity index (χ1) is 7.66. The number of aromatic amines is 1. The van der Waals surface area contributed by atoms with Gasteiger partial charge in [0.05, 0.1) is 5.39 Å². The largest absolute Gasteiger partial charge is 0.310 e. The lowest BCUT2D eigenvalue weighted by molar-refractivity contribution is 0.777. The number of fused-ring (bicyclic) bond motifs is 3. The normalized spacial score (nSPS) is 14.9. The molecule has 1 aliphatic carbocycles. The van der Waals surface area contributed by atoms with Crippen LogP contribution in [0.4, 0.5) is 0 Å². The van der Waals surface area contributed by atoms with Crippen molar-refractivity contribution < 1.29 is 0 Å². The highest BCUT2D eigenvalue weighted by molar-refractivity contribution is 7.18. The monoisotopic (exact) mass is 234 g/mol. The molecule has 4 heteroatoms. The second-order valence-corrected chi connectivity index (χ2v) is 5.73. The van der Waals surface area contributed by atoms with Crippen LogP contribution in [-0.4, -0.2) is 9.97 Å². The van der Waals surface area contributed by atoms with E-state index in [1.807, 2.05) is 13.8 Å². The third-order valence-electron chi connectivity index (χ3n) is 3.14. The van der Waals surface area contributed by atoms with Crippen LogP contribution >= 0.6 is 11.3 Å². The van der Waals surface area contributed by atoms with E-state index in [2.05, 4.69) is 9.97 Å². The fourth-order valence-electron chi connectivity index (χ4n) is 2.29. The summed E-state index contributed by atoms with van der Waals surface area (Å²) in [7, 11) is 0. The zero-order chi connectivity index (χ0) is 11.3. The van der Waals surface area contributed by atoms with E-state index in [1.54, 1.807) is 11.3 Å². The van der Waals surface area contributed by atoms with Gasteiger partial charge in [0.15, 0.2) is 0 Å². The minimum atomic E-state index is 0.0492. The summed E-state index contributed by atoms with van der Waals surface area (Å²) in [5.41, 5.74) is 1.30. The molecular formula is C12H14N2OS. The van der Waals surface area contributed by atoms with Crippen LogP contribution in [0.3, 0.4) is 0 Å². The molecule has 0 aliphatic heterocycles. The van der Waals surface area contributed by atoms with Gasteiger partial charge in [-0.1, -0.05) is 13.8 Å². The molecule has 2 aromatic rings. The van der Waals surface area contributed by atoms with Crippen molar-refractivity contribution in [3.63, 3.8) is 0 Å². The zero-order valence-corrected chi connectivity index (χ0v) is 10.3. The Labute approximate surface area is 97.5 Å². The maximum atomic E-state index is 12.0. The number of aryl methyl sites for hydroxylation is 2. The zero-order valence-electron chi connectivity index (χ0n) is 9.46. The Balaban J connectivity index is 2.34. The van der Waals surface area contributed by atoms with Gasteiger partial charge in [0, 0.05) is 10.8 Å². The minimum absolute atomic E-state index is 0.0492. The third kappa shape index (κ3) is 1.33. The molecular weight excluding hydrogens is 220 g/mol. The topological polar surface area (TPSA) is 45.8 Å². The van der Waals surface area contributed by atoms with Gasteiger partial charge in [-0.25, -0.2) is 4.98 Å². The summed E-state index contributed by atoms with van der Waals surface area (Å²) in [6, 6.07) is 0. The first kappa shape index (κ1) is 10.0. The summed E-state index contributed by atoms with van der Waals surface area (Å²) in [4.78, 5) is 21.8. The number of hydrogen-bond acceptors (Lipinski definition) is 3. The van der Waals surface area contributed by atoms with Gasteiger partial charge in [0.2, 0.25) is 0 Å². The van der Waals surface area contributed by atoms with Crippen LogP contribution in [0, 0.1) is 0 Å². The van der Waals surface area contributed by atoms with Crippen molar-refractivity contribution in [1.29, 1.82) is 0 Å². The van der Waals surface area contributed by atoms with Gasteiger partial charge in [0.25, 0.3) is 5.56 Å². The molecule has 1 aliphatic rings. The van der Waals surface area contributed by atoms with E-state index >= 15 is 0 Å². The summed E-state index contributed by atoms with van der Waals surface area (Å²) >= 11 is 1.70. The van der Waals surface area contributed by atoms with E-state index in [4.69, 9.17) is 0 Å². The van der Waals surface area contributed by atoms with E-state index in [1.165, 1.54) is 16.9 Å². The molecule has 0 bridgehead atoms. The van der Waals surface area contributed by atoms with Crippen LogP contribution in [0.25, 0.3) is 10.2 Å². The van der Waals surface area contributed by atoms with Crippen LogP contribution in [0.5, 0.6) is 0 Å². The van der Waals surface area contributed by atoms with Crippen molar-refractivity contribution in [2.24, 2.45) is 0 Å². The predicted molar refractivity (Wildman–Crippen MR) is 66.4 cm³/mol. The molecule has 0 fully saturated rings. The van der Waals surface area contributed by atoms with E-state index in [9.17, 15) is 4.79 Å². The van der Waals surface area contributed by atoms with E-state index in [0.717, 1.165) is 28.9 Å². The first-order valence-corrected chi connectivity index (χ1v) is 6.53.